The number of tetrazole rings is 1. The van der Waals surface area contributed by atoms with Crippen LogP contribution in [0.25, 0.3) is 0 Å². The first-order valence-electron chi connectivity index (χ1n) is 15.4. The second-order valence-electron chi connectivity index (χ2n) is 12.8. The Balaban J connectivity index is 1.10. The smallest absolute Gasteiger partial charge is 0.226 e. The Labute approximate surface area is 255 Å². The molecule has 4 fully saturated rings. The molecule has 3 aliphatic heterocycles. The van der Waals surface area contributed by atoms with Crippen molar-refractivity contribution in [3.05, 3.63) is 75.6 Å². The van der Waals surface area contributed by atoms with Gasteiger partial charge in [0.2, 0.25) is 5.91 Å². The summed E-state index contributed by atoms with van der Waals surface area (Å²) in [5.41, 5.74) is 3.76. The highest BCUT2D eigenvalue weighted by atomic mass is 35.5. The van der Waals surface area contributed by atoms with Crippen LogP contribution in [0.15, 0.2) is 36.7 Å². The van der Waals surface area contributed by atoms with Crippen LogP contribution in [-0.4, -0.2) is 80.3 Å². The lowest BCUT2D eigenvalue weighted by Gasteiger charge is -2.36. The van der Waals surface area contributed by atoms with Crippen LogP contribution in [-0.2, 0) is 9.53 Å². The minimum Gasteiger partial charge on any atom is -0.375 e. The molecule has 8 nitrogen and oxygen atoms in total. The second kappa shape index (κ2) is 11.5. The Morgan fingerprint density at radius 3 is 2.56 bits per heavy atom. The Morgan fingerprint density at radius 2 is 1.88 bits per heavy atom. The molecule has 228 valence electrons. The molecule has 6 atom stereocenters. The highest BCUT2D eigenvalue weighted by Crippen LogP contribution is 2.47. The van der Waals surface area contributed by atoms with Crippen molar-refractivity contribution >= 4 is 17.5 Å². The molecule has 2 unspecified atom stereocenters. The van der Waals surface area contributed by atoms with E-state index in [0.29, 0.717) is 37.5 Å². The first kappa shape index (κ1) is 28.8. The number of benzene rings is 2. The molecule has 0 radical (unpaired) electrons. The van der Waals surface area contributed by atoms with Crippen LogP contribution in [0.2, 0.25) is 5.02 Å². The zero-order valence-corrected chi connectivity index (χ0v) is 25.3. The summed E-state index contributed by atoms with van der Waals surface area (Å²) >= 11 is 6.61. The molecule has 4 heterocycles. The molecular weight excluding hydrogens is 574 g/mol. The van der Waals surface area contributed by atoms with Gasteiger partial charge in [0, 0.05) is 48.7 Å². The van der Waals surface area contributed by atoms with Crippen molar-refractivity contribution in [2.24, 2.45) is 5.92 Å². The molecule has 1 saturated carbocycles. The molecule has 1 aliphatic carbocycles. The Morgan fingerprint density at radius 1 is 1.07 bits per heavy atom. The maximum absolute atomic E-state index is 15.1. The number of rotatable bonds is 6. The molecule has 0 N–H and O–H groups in total. The number of aromatic nitrogens is 4. The zero-order valence-electron chi connectivity index (χ0n) is 24.5. The topological polar surface area (TPSA) is 76.4 Å². The highest BCUT2D eigenvalue weighted by molar-refractivity contribution is 6.31. The number of ether oxygens (including phenoxy) is 1. The van der Waals surface area contributed by atoms with Crippen molar-refractivity contribution in [1.29, 1.82) is 0 Å². The van der Waals surface area contributed by atoms with Gasteiger partial charge in [-0.25, -0.2) is 13.5 Å². The molecule has 4 aliphatic rings. The van der Waals surface area contributed by atoms with E-state index in [-0.39, 0.29) is 41.8 Å². The fourth-order valence-electron chi connectivity index (χ4n) is 8.15. The summed E-state index contributed by atoms with van der Waals surface area (Å²) in [6.07, 6.45) is 5.88. The molecular formula is C32H37ClF2N6O2. The van der Waals surface area contributed by atoms with Crippen LogP contribution >= 0.6 is 11.6 Å². The number of hydrogen-bond acceptors (Lipinski definition) is 6. The van der Waals surface area contributed by atoms with E-state index in [1.165, 1.54) is 17.7 Å². The summed E-state index contributed by atoms with van der Waals surface area (Å²) in [7, 11) is 0. The van der Waals surface area contributed by atoms with Crippen molar-refractivity contribution in [3.8, 4) is 0 Å². The summed E-state index contributed by atoms with van der Waals surface area (Å²) in [5, 5.41) is 12.5. The number of hydrogen-bond donors (Lipinski definition) is 0. The molecule has 1 amide bonds. The number of likely N-dealkylation sites (tertiary alicyclic amines) is 2. The predicted molar refractivity (Wildman–Crippen MR) is 157 cm³/mol. The quantitative estimate of drug-likeness (QED) is 0.379. The number of carbonyl (C=O) groups is 1. The SMILES string of the molecule is Cc1cc([C@@H](C)n2cnnn2)c(C2CCN(C(=O)C3CC(N4C[C@@H]5C[C@H]4CO5)C[C@H]3c3ccc(F)cc3F)CC2)cc1Cl. The van der Waals surface area contributed by atoms with Crippen molar-refractivity contribution in [2.45, 2.75) is 82.0 Å². The number of amides is 1. The number of fused-ring (bicyclic) bond motifs is 2. The fraction of sp³-hybridized carbons (Fsp3) is 0.562. The first-order chi connectivity index (χ1) is 20.8. The third-order valence-electron chi connectivity index (χ3n) is 10.5. The van der Waals surface area contributed by atoms with Gasteiger partial charge in [0.05, 0.1) is 18.8 Å². The van der Waals surface area contributed by atoms with Crippen molar-refractivity contribution in [2.75, 3.05) is 26.2 Å². The van der Waals surface area contributed by atoms with Crippen molar-refractivity contribution < 1.29 is 18.3 Å². The average molecular weight is 611 g/mol. The average Bonchev–Trinajstić information content (AvgIpc) is 3.83. The Hall–Kier alpha value is -2.95. The van der Waals surface area contributed by atoms with Gasteiger partial charge in [-0.3, -0.25) is 9.69 Å². The molecule has 0 spiro atoms. The molecule has 1 aromatic heterocycles. The number of carbonyl (C=O) groups excluding carboxylic acids is 1. The van der Waals surface area contributed by atoms with Crippen LogP contribution in [0.4, 0.5) is 8.78 Å². The van der Waals surface area contributed by atoms with Gasteiger partial charge in [-0.05, 0) is 103 Å². The van der Waals surface area contributed by atoms with Crippen LogP contribution in [0, 0.1) is 24.5 Å². The van der Waals surface area contributed by atoms with Gasteiger partial charge in [0.25, 0.3) is 0 Å². The maximum Gasteiger partial charge on any atom is 0.226 e. The van der Waals surface area contributed by atoms with Crippen molar-refractivity contribution in [1.82, 2.24) is 30.0 Å². The van der Waals surface area contributed by atoms with Gasteiger partial charge in [0.15, 0.2) is 0 Å². The number of morpholine rings is 1. The summed E-state index contributed by atoms with van der Waals surface area (Å²) < 4.78 is 36.5. The minimum absolute atomic E-state index is 0.0614. The Bertz CT molecular complexity index is 1500. The van der Waals surface area contributed by atoms with Crippen molar-refractivity contribution in [3.63, 3.8) is 0 Å². The van der Waals surface area contributed by atoms with Crippen LogP contribution in [0.1, 0.15) is 79.2 Å². The monoisotopic (exact) mass is 610 g/mol. The number of piperidine rings is 1. The third-order valence-corrected chi connectivity index (χ3v) is 10.9. The largest absolute Gasteiger partial charge is 0.375 e. The molecule has 2 aromatic carbocycles. The van der Waals surface area contributed by atoms with Gasteiger partial charge in [0.1, 0.15) is 18.0 Å². The van der Waals surface area contributed by atoms with Crippen LogP contribution in [0.3, 0.4) is 0 Å². The zero-order chi connectivity index (χ0) is 29.8. The fourth-order valence-corrected chi connectivity index (χ4v) is 8.32. The van der Waals surface area contributed by atoms with E-state index in [1.807, 2.05) is 11.8 Å². The van der Waals surface area contributed by atoms with Gasteiger partial charge in [-0.2, -0.15) is 0 Å². The predicted octanol–water partition coefficient (Wildman–Crippen LogP) is 5.26. The first-order valence-corrected chi connectivity index (χ1v) is 15.8. The van der Waals surface area contributed by atoms with Gasteiger partial charge in [-0.15, -0.1) is 5.10 Å². The lowest BCUT2D eigenvalue weighted by Crippen LogP contribution is -2.44. The summed E-state index contributed by atoms with van der Waals surface area (Å²) in [6, 6.07) is 8.48. The van der Waals surface area contributed by atoms with Crippen LogP contribution in [0.5, 0.6) is 0 Å². The summed E-state index contributed by atoms with van der Waals surface area (Å²) in [5.74, 6) is -1.47. The maximum atomic E-state index is 15.1. The van der Waals surface area contributed by atoms with Gasteiger partial charge in [-0.1, -0.05) is 23.7 Å². The molecule has 3 saturated heterocycles. The van der Waals surface area contributed by atoms with Crippen LogP contribution < -0.4 is 0 Å². The second-order valence-corrected chi connectivity index (χ2v) is 13.2. The lowest BCUT2D eigenvalue weighted by molar-refractivity contribution is -0.137. The summed E-state index contributed by atoms with van der Waals surface area (Å²) in [6.45, 7) is 6.90. The van der Waals surface area contributed by atoms with E-state index in [0.717, 1.165) is 54.6 Å². The van der Waals surface area contributed by atoms with E-state index in [1.54, 1.807) is 11.0 Å². The van der Waals surface area contributed by atoms with Gasteiger partial charge >= 0.3 is 0 Å². The summed E-state index contributed by atoms with van der Waals surface area (Å²) in [4.78, 5) is 18.6. The number of nitrogens with zero attached hydrogens (tertiary/aromatic N) is 6. The third kappa shape index (κ3) is 5.36. The Kier molecular flexibility index (Phi) is 7.72. The van der Waals surface area contributed by atoms with E-state index in [2.05, 4.69) is 39.5 Å². The molecule has 3 aromatic rings. The van der Waals surface area contributed by atoms with Gasteiger partial charge < -0.3 is 9.64 Å². The molecule has 11 heteroatoms. The van der Waals surface area contributed by atoms with E-state index in [4.69, 9.17) is 16.3 Å². The lowest BCUT2D eigenvalue weighted by atomic mass is 9.83. The highest BCUT2D eigenvalue weighted by Gasteiger charge is 2.49. The molecule has 43 heavy (non-hydrogen) atoms. The normalized spacial score (nSPS) is 28.6. The minimum atomic E-state index is -0.597. The van der Waals surface area contributed by atoms with E-state index < -0.39 is 11.6 Å². The molecule has 7 rings (SSSR count). The molecule has 2 bridgehead atoms. The van der Waals surface area contributed by atoms with E-state index in [9.17, 15) is 9.18 Å². The standard InChI is InChI=1S/C32H37ClF2N6O2/c1-18-9-26(19(2)41-17-36-37-38-41)27(14-30(18)33)20-5-7-39(8-6-20)32(42)29-13-22(40-15-24-11-23(40)16-43-24)12-28(29)25-4-3-21(34)10-31(25)35/h3-4,9-10,14,17,19-20,22-24,28-29H,5-8,11-13,15-16H2,1-2H3/t19-,22?,23+,24+,28+,29?/m1/s1. The number of aryl methyl sites for hydroxylation is 1. The number of halogens is 3. The van der Waals surface area contributed by atoms with E-state index >= 15 is 4.39 Å².